The fourth-order valence-electron chi connectivity index (χ4n) is 2.06. The monoisotopic (exact) mass is 528 g/mol. The van der Waals surface area contributed by atoms with Crippen LogP contribution in [0.4, 0.5) is 22.7 Å². The van der Waals surface area contributed by atoms with Crippen LogP contribution in [0.2, 0.25) is 0 Å². The van der Waals surface area contributed by atoms with Crippen molar-refractivity contribution < 1.29 is 10.8 Å². The van der Waals surface area contributed by atoms with Gasteiger partial charge in [0.15, 0.2) is 9.95 Å². The van der Waals surface area contributed by atoms with Crippen molar-refractivity contribution >= 4 is 61.5 Å². The van der Waals surface area contributed by atoms with Crippen LogP contribution in [0.5, 0.6) is 0 Å². The molecule has 0 atom stereocenters. The molecule has 0 bridgehead atoms. The average molecular weight is 532 g/mol. The van der Waals surface area contributed by atoms with E-state index in [4.69, 9.17) is 49.5 Å². The molecule has 0 saturated heterocycles. The number of nitrogens with zero attached hydrogens (tertiary/aromatic N) is 4. The molecule has 156 valence electrons. The summed E-state index contributed by atoms with van der Waals surface area (Å²) in [5.41, 5.74) is 5.15. The molecule has 0 saturated carbocycles. The minimum atomic E-state index is -3.36. The summed E-state index contributed by atoms with van der Waals surface area (Å²) in [7, 11) is 16.8. The van der Waals surface area contributed by atoms with Crippen molar-refractivity contribution in [1.29, 1.82) is 10.8 Å². The molecule has 0 radical (unpaired) electrons. The Morgan fingerprint density at radius 3 is 1.31 bits per heavy atom. The van der Waals surface area contributed by atoms with Crippen LogP contribution in [0.25, 0.3) is 9.95 Å². The fourth-order valence-corrected chi connectivity index (χ4v) is 2.06. The predicted molar refractivity (Wildman–Crippen MR) is 124 cm³/mol. The van der Waals surface area contributed by atoms with Crippen molar-refractivity contribution in [2.75, 3.05) is 23.7 Å². The normalized spacial score (nSPS) is 9.59. The minimum absolute atomic E-state index is 0.619. The first-order valence-corrected chi connectivity index (χ1v) is 24.6. The molecule has 2 aromatic carbocycles. The van der Waals surface area contributed by atoms with Gasteiger partial charge < -0.3 is 10.6 Å². The van der Waals surface area contributed by atoms with Gasteiger partial charge >= 0.3 is 61.0 Å². The van der Waals surface area contributed by atoms with Gasteiger partial charge in [0.05, 0.1) is 12.1 Å². The SMILES string of the molecule is CCNc1ccc(C)c([N+]#N)c1.CCNc1ccc(C)c([N+]#N)c1.[Cl][Zn-2]([Cl])([Cl])[Cl]. The third-order valence-electron chi connectivity index (χ3n) is 3.40. The molecule has 0 aliphatic carbocycles. The second-order valence-corrected chi connectivity index (χ2v) is 33.6. The molecular weight excluding hydrogens is 507 g/mol. The molecule has 2 aromatic rings. The van der Waals surface area contributed by atoms with Crippen LogP contribution in [0.15, 0.2) is 36.4 Å². The molecule has 0 aromatic heterocycles. The first-order valence-electron chi connectivity index (χ1n) is 9.01. The number of hydrogen-bond acceptors (Lipinski definition) is 4. The van der Waals surface area contributed by atoms with Gasteiger partial charge in [0.1, 0.15) is 0 Å². The van der Waals surface area contributed by atoms with Crippen LogP contribution in [-0.2, 0) is 10.8 Å². The third-order valence-corrected chi connectivity index (χ3v) is 3.40. The second kappa shape index (κ2) is 14.6. The van der Waals surface area contributed by atoms with Crippen LogP contribution in [0.1, 0.15) is 25.0 Å². The Bertz CT molecular complexity index is 787. The number of benzene rings is 2. The topological polar surface area (TPSA) is 80.4 Å². The zero-order valence-corrected chi connectivity index (χ0v) is 22.9. The van der Waals surface area contributed by atoms with Gasteiger partial charge in [-0.15, -0.1) is 0 Å². The standard InChI is InChI=1S/2C9H12N3.4ClH.Zn/c2*1-3-11-8-5-4-7(2)9(6-8)12-10;;;;;/h2*4-6,11H,3H2,1-2H3;4*1H;/q2*+1;;;;;+2/p-4. The van der Waals surface area contributed by atoms with E-state index in [9.17, 15) is 0 Å². The van der Waals surface area contributed by atoms with Gasteiger partial charge in [-0.2, -0.15) is 0 Å². The summed E-state index contributed by atoms with van der Waals surface area (Å²) in [6.45, 7) is 9.60. The average Bonchev–Trinajstić information content (AvgIpc) is 2.64. The van der Waals surface area contributed by atoms with E-state index in [2.05, 4.69) is 20.6 Å². The molecule has 0 unspecified atom stereocenters. The van der Waals surface area contributed by atoms with Crippen LogP contribution >= 0.6 is 38.8 Å². The van der Waals surface area contributed by atoms with Crippen molar-refractivity contribution in [3.8, 4) is 0 Å². The van der Waals surface area contributed by atoms with Gasteiger partial charge in [0.25, 0.3) is 0 Å². The van der Waals surface area contributed by atoms with Gasteiger partial charge in [0, 0.05) is 35.6 Å². The van der Waals surface area contributed by atoms with Crippen LogP contribution in [0.3, 0.4) is 0 Å². The first-order chi connectivity index (χ1) is 13.5. The Morgan fingerprint density at radius 1 is 0.759 bits per heavy atom. The van der Waals surface area contributed by atoms with Crippen LogP contribution < -0.4 is 10.6 Å². The number of halogens is 4. The van der Waals surface area contributed by atoms with E-state index in [0.29, 0.717) is 11.4 Å². The number of aryl methyl sites for hydroxylation is 2. The summed E-state index contributed by atoms with van der Waals surface area (Å²) in [4.78, 5) is 6.35. The van der Waals surface area contributed by atoms with Gasteiger partial charge in [-0.3, -0.25) is 0 Å². The molecule has 0 fully saturated rings. The summed E-state index contributed by atoms with van der Waals surface area (Å²) in [6.07, 6.45) is 0. The van der Waals surface area contributed by atoms with E-state index in [1.54, 1.807) is 0 Å². The number of nitrogens with one attached hydrogen (secondary N) is 2. The zero-order chi connectivity index (χ0) is 22.4. The van der Waals surface area contributed by atoms with E-state index in [-0.39, 0.29) is 0 Å². The van der Waals surface area contributed by atoms with E-state index >= 15 is 0 Å². The molecule has 2 N–H and O–H groups in total. The molecule has 0 aliphatic heterocycles. The summed E-state index contributed by atoms with van der Waals surface area (Å²) >= 11 is 0. The van der Waals surface area contributed by atoms with Crippen LogP contribution in [-0.4, -0.2) is 13.1 Å². The molecular formula is C18H24Cl4N6Zn. The number of rotatable bonds is 4. The predicted octanol–water partition coefficient (Wildman–Crippen LogP) is 8.58. The first kappa shape index (κ1) is 27.7. The van der Waals surface area contributed by atoms with Crippen molar-refractivity contribution in [2.45, 2.75) is 27.7 Å². The zero-order valence-electron chi connectivity index (χ0n) is 16.9. The quantitative estimate of drug-likeness (QED) is 0.306. The molecule has 0 amide bonds. The van der Waals surface area contributed by atoms with Crippen LogP contribution in [0, 0.1) is 24.6 Å². The summed E-state index contributed by atoms with van der Waals surface area (Å²) in [5.74, 6) is 0. The molecule has 6 nitrogen and oxygen atoms in total. The molecule has 0 heterocycles. The Hall–Kier alpha value is -1.34. The van der Waals surface area contributed by atoms with Gasteiger partial charge in [-0.25, -0.2) is 0 Å². The Labute approximate surface area is 191 Å². The fraction of sp³-hybridized carbons (Fsp3) is 0.333. The molecule has 11 heteroatoms. The summed E-state index contributed by atoms with van der Waals surface area (Å²) in [5, 5.41) is 23.5. The summed E-state index contributed by atoms with van der Waals surface area (Å²) in [6, 6.07) is 11.4. The molecule has 29 heavy (non-hydrogen) atoms. The van der Waals surface area contributed by atoms with E-state index < -0.39 is 10.8 Å². The Kier molecular flexibility index (Phi) is 13.9. The van der Waals surface area contributed by atoms with Crippen molar-refractivity contribution in [3.05, 3.63) is 57.5 Å². The van der Waals surface area contributed by atoms with Crippen molar-refractivity contribution in [2.24, 2.45) is 0 Å². The van der Waals surface area contributed by atoms with E-state index in [0.717, 1.165) is 35.6 Å². The maximum atomic E-state index is 8.61. The third kappa shape index (κ3) is 13.5. The van der Waals surface area contributed by atoms with E-state index in [1.807, 2.05) is 64.1 Å². The van der Waals surface area contributed by atoms with Crippen molar-refractivity contribution in [1.82, 2.24) is 0 Å². The second-order valence-electron chi connectivity index (χ2n) is 5.87. The van der Waals surface area contributed by atoms with Gasteiger partial charge in [-0.1, -0.05) is 0 Å². The Morgan fingerprint density at radius 2 is 1.07 bits per heavy atom. The van der Waals surface area contributed by atoms with E-state index in [1.165, 1.54) is 0 Å². The number of hydrogen-bond donors (Lipinski definition) is 2. The number of diazo groups is 2. The summed E-state index contributed by atoms with van der Waals surface area (Å²) < 4.78 is 0. The maximum absolute atomic E-state index is 8.61. The van der Waals surface area contributed by atoms with Gasteiger partial charge in [-0.05, 0) is 52.0 Å². The molecule has 0 spiro atoms. The molecule has 0 aliphatic rings. The van der Waals surface area contributed by atoms with Gasteiger partial charge in [0.2, 0.25) is 10.8 Å². The molecule has 2 rings (SSSR count). The number of anilines is 2. The van der Waals surface area contributed by atoms with Crippen molar-refractivity contribution in [3.63, 3.8) is 0 Å². The Balaban J connectivity index is 0.000000442.